The molecule has 2 rings (SSSR count). The number of nitrogens with one attached hydrogen (secondary N) is 1. The van der Waals surface area contributed by atoms with Crippen LogP contribution in [0.4, 0.5) is 0 Å². The second kappa shape index (κ2) is 4.62. The highest BCUT2D eigenvalue weighted by molar-refractivity contribution is 7.90. The Morgan fingerprint density at radius 2 is 2.11 bits per heavy atom. The summed E-state index contributed by atoms with van der Waals surface area (Å²) in [6.45, 7) is 0. The van der Waals surface area contributed by atoms with Crippen molar-refractivity contribution in [2.24, 2.45) is 0 Å². The van der Waals surface area contributed by atoms with Crippen molar-refractivity contribution in [3.8, 4) is 17.0 Å². The van der Waals surface area contributed by atoms with E-state index in [4.69, 9.17) is 16.3 Å². The monoisotopic (exact) mass is 286 g/mol. The maximum absolute atomic E-state index is 11.4. The van der Waals surface area contributed by atoms with E-state index < -0.39 is 9.84 Å². The molecule has 2 aromatic rings. The summed E-state index contributed by atoms with van der Waals surface area (Å²) < 4.78 is 28.0. The zero-order valence-electron chi connectivity index (χ0n) is 9.77. The molecule has 0 spiro atoms. The number of sulfone groups is 1. The lowest BCUT2D eigenvalue weighted by Gasteiger charge is -2.06. The normalized spacial score (nSPS) is 11.5. The molecule has 0 aromatic carbocycles. The Hall–Kier alpha value is -1.53. The molecule has 0 radical (unpaired) electrons. The summed E-state index contributed by atoms with van der Waals surface area (Å²) in [6, 6.07) is 3.10. The molecule has 0 aliphatic heterocycles. The zero-order chi connectivity index (χ0) is 13.3. The fourth-order valence-corrected chi connectivity index (χ4v) is 2.28. The number of halogens is 1. The minimum Gasteiger partial charge on any atom is -0.496 e. The average Bonchev–Trinajstić information content (AvgIpc) is 2.77. The van der Waals surface area contributed by atoms with Crippen LogP contribution in [0.5, 0.6) is 5.75 Å². The lowest BCUT2D eigenvalue weighted by Crippen LogP contribution is -1.93. The minimum absolute atomic E-state index is 0.217. The van der Waals surface area contributed by atoms with Gasteiger partial charge in [0, 0.05) is 24.7 Å². The van der Waals surface area contributed by atoms with Crippen molar-refractivity contribution in [3.05, 3.63) is 29.7 Å². The van der Waals surface area contributed by atoms with Gasteiger partial charge in [-0.05, 0) is 6.07 Å². The summed E-state index contributed by atoms with van der Waals surface area (Å²) in [5, 5.41) is 0.311. The van der Waals surface area contributed by atoms with Crippen LogP contribution in [-0.4, -0.2) is 31.8 Å². The van der Waals surface area contributed by atoms with Gasteiger partial charge in [0.25, 0.3) is 0 Å². The number of pyridine rings is 1. The molecule has 1 N–H and O–H groups in total. The highest BCUT2D eigenvalue weighted by Crippen LogP contribution is 2.31. The van der Waals surface area contributed by atoms with Crippen LogP contribution >= 0.6 is 11.6 Å². The number of aromatic amines is 1. The second-order valence-corrected chi connectivity index (χ2v) is 6.13. The first kappa shape index (κ1) is 12.9. The SMILES string of the molecule is COc1cc(Cl)ncc1-c1cc(S(C)(=O)=O)c[nH]1. The Morgan fingerprint density at radius 3 is 2.67 bits per heavy atom. The van der Waals surface area contributed by atoms with E-state index in [9.17, 15) is 8.42 Å². The second-order valence-electron chi connectivity index (χ2n) is 3.73. The molecular formula is C11H11ClN2O3S. The molecule has 5 nitrogen and oxygen atoms in total. The van der Waals surface area contributed by atoms with Crippen LogP contribution < -0.4 is 4.74 Å². The average molecular weight is 287 g/mol. The lowest BCUT2D eigenvalue weighted by atomic mass is 10.2. The van der Waals surface area contributed by atoms with Gasteiger partial charge < -0.3 is 9.72 Å². The van der Waals surface area contributed by atoms with Crippen LogP contribution in [-0.2, 0) is 9.84 Å². The van der Waals surface area contributed by atoms with Gasteiger partial charge in [-0.2, -0.15) is 0 Å². The van der Waals surface area contributed by atoms with Crippen molar-refractivity contribution >= 4 is 21.4 Å². The zero-order valence-corrected chi connectivity index (χ0v) is 11.3. The molecule has 0 amide bonds. The van der Waals surface area contributed by atoms with Gasteiger partial charge in [-0.15, -0.1) is 0 Å². The topological polar surface area (TPSA) is 72.0 Å². The van der Waals surface area contributed by atoms with E-state index in [0.717, 1.165) is 6.26 Å². The Morgan fingerprint density at radius 1 is 1.39 bits per heavy atom. The molecule has 0 aliphatic rings. The fraction of sp³-hybridized carbons (Fsp3) is 0.182. The molecule has 7 heteroatoms. The third-order valence-electron chi connectivity index (χ3n) is 2.43. The van der Waals surface area contributed by atoms with Crippen LogP contribution in [0, 0.1) is 0 Å². The van der Waals surface area contributed by atoms with Gasteiger partial charge >= 0.3 is 0 Å². The van der Waals surface area contributed by atoms with Gasteiger partial charge in [0.1, 0.15) is 10.9 Å². The van der Waals surface area contributed by atoms with E-state index in [1.807, 2.05) is 0 Å². The molecule has 0 fully saturated rings. The Labute approximate surface area is 110 Å². The van der Waals surface area contributed by atoms with Crippen molar-refractivity contribution in [3.63, 3.8) is 0 Å². The Balaban J connectivity index is 2.53. The minimum atomic E-state index is -3.24. The van der Waals surface area contributed by atoms with Crippen LogP contribution in [0.3, 0.4) is 0 Å². The van der Waals surface area contributed by atoms with Crippen molar-refractivity contribution in [1.29, 1.82) is 0 Å². The summed E-state index contributed by atoms with van der Waals surface area (Å²) >= 11 is 5.76. The van der Waals surface area contributed by atoms with Gasteiger partial charge in [0.05, 0.1) is 23.3 Å². The van der Waals surface area contributed by atoms with Gasteiger partial charge in [0.2, 0.25) is 0 Å². The van der Waals surface area contributed by atoms with Gasteiger partial charge in [-0.25, -0.2) is 13.4 Å². The first-order valence-electron chi connectivity index (χ1n) is 5.00. The first-order chi connectivity index (χ1) is 8.41. The number of rotatable bonds is 3. The molecular weight excluding hydrogens is 276 g/mol. The number of aromatic nitrogens is 2. The number of ether oxygens (including phenoxy) is 1. The molecule has 18 heavy (non-hydrogen) atoms. The molecule has 2 heterocycles. The summed E-state index contributed by atoms with van der Waals surface area (Å²) in [5.74, 6) is 0.525. The van der Waals surface area contributed by atoms with E-state index in [1.165, 1.54) is 25.6 Å². The number of hydrogen-bond acceptors (Lipinski definition) is 4. The first-order valence-corrected chi connectivity index (χ1v) is 7.27. The van der Waals surface area contributed by atoms with Crippen LogP contribution in [0.1, 0.15) is 0 Å². The maximum atomic E-state index is 11.4. The number of methoxy groups -OCH3 is 1. The highest BCUT2D eigenvalue weighted by Gasteiger charge is 2.14. The molecule has 0 saturated carbocycles. The molecule has 0 aliphatic carbocycles. The van der Waals surface area contributed by atoms with Gasteiger partial charge in [0.15, 0.2) is 9.84 Å². The van der Waals surface area contributed by atoms with Crippen molar-refractivity contribution in [2.45, 2.75) is 4.90 Å². The quantitative estimate of drug-likeness (QED) is 0.878. The lowest BCUT2D eigenvalue weighted by molar-refractivity contribution is 0.416. The maximum Gasteiger partial charge on any atom is 0.177 e. The largest absolute Gasteiger partial charge is 0.496 e. The van der Waals surface area contributed by atoms with Crippen molar-refractivity contribution in [2.75, 3.05) is 13.4 Å². The van der Waals surface area contributed by atoms with Crippen LogP contribution in [0.2, 0.25) is 5.15 Å². The van der Waals surface area contributed by atoms with E-state index in [0.29, 0.717) is 22.2 Å². The standard InChI is InChI=1S/C11H11ClN2O3S/c1-17-10-4-11(12)14-6-8(10)9-3-7(5-13-9)18(2,15)16/h3-6,13H,1-2H3. The summed E-state index contributed by atoms with van der Waals surface area (Å²) in [4.78, 5) is 7.05. The predicted molar refractivity (Wildman–Crippen MR) is 68.7 cm³/mol. The summed E-state index contributed by atoms with van der Waals surface area (Å²) in [5.41, 5.74) is 1.26. The Kier molecular flexibility index (Phi) is 3.32. The molecule has 0 atom stereocenters. The highest BCUT2D eigenvalue weighted by atomic mass is 35.5. The van der Waals surface area contributed by atoms with Crippen molar-refractivity contribution < 1.29 is 13.2 Å². The van der Waals surface area contributed by atoms with Crippen molar-refractivity contribution in [1.82, 2.24) is 9.97 Å². The fourth-order valence-electron chi connectivity index (χ4n) is 1.53. The Bertz CT molecular complexity index is 679. The third kappa shape index (κ3) is 2.49. The van der Waals surface area contributed by atoms with Crippen LogP contribution in [0.15, 0.2) is 29.4 Å². The molecule has 0 unspecified atom stereocenters. The van der Waals surface area contributed by atoms with E-state index in [1.54, 1.807) is 6.07 Å². The third-order valence-corrected chi connectivity index (χ3v) is 3.73. The molecule has 0 saturated heterocycles. The number of H-pyrrole nitrogens is 1. The van der Waals surface area contributed by atoms with Gasteiger partial charge in [-0.3, -0.25) is 0 Å². The smallest absolute Gasteiger partial charge is 0.177 e. The van der Waals surface area contributed by atoms with E-state index in [-0.39, 0.29) is 4.90 Å². The summed E-state index contributed by atoms with van der Waals surface area (Å²) in [7, 11) is -1.73. The van der Waals surface area contributed by atoms with Gasteiger partial charge in [-0.1, -0.05) is 11.6 Å². The molecule has 2 aromatic heterocycles. The van der Waals surface area contributed by atoms with E-state index >= 15 is 0 Å². The molecule has 0 bridgehead atoms. The number of hydrogen-bond donors (Lipinski definition) is 1. The summed E-state index contributed by atoms with van der Waals surface area (Å²) in [6.07, 6.45) is 4.11. The predicted octanol–water partition coefficient (Wildman–Crippen LogP) is 2.14. The molecule has 96 valence electrons. The number of nitrogens with zero attached hydrogens (tertiary/aromatic N) is 1. The van der Waals surface area contributed by atoms with Crippen LogP contribution in [0.25, 0.3) is 11.3 Å². The van der Waals surface area contributed by atoms with E-state index in [2.05, 4.69) is 9.97 Å².